The summed E-state index contributed by atoms with van der Waals surface area (Å²) in [5, 5.41) is 0. The number of nitrogens with one attached hydrogen (secondary N) is 1. The highest BCUT2D eigenvalue weighted by atomic mass is 32.2. The van der Waals surface area contributed by atoms with Crippen LogP contribution in [0.15, 0.2) is 53.4 Å². The van der Waals surface area contributed by atoms with Crippen LogP contribution < -0.4 is 9.46 Å². The number of hydrogen-bond donors (Lipinski definition) is 1. The minimum Gasteiger partial charge on any atom is -0.496 e. The first-order chi connectivity index (χ1) is 14.3. The molecule has 1 aliphatic heterocycles. The Kier molecular flexibility index (Phi) is 7.15. The number of aryl methyl sites for hydroxylation is 1. The lowest BCUT2D eigenvalue weighted by molar-refractivity contribution is -0.133. The van der Waals surface area contributed by atoms with E-state index in [2.05, 4.69) is 16.9 Å². The molecule has 0 spiro atoms. The molecule has 0 radical (unpaired) electrons. The number of carbonyl (C=O) groups excluding carboxylic acids is 1. The van der Waals surface area contributed by atoms with Gasteiger partial charge in [-0.2, -0.15) is 4.72 Å². The summed E-state index contributed by atoms with van der Waals surface area (Å²) in [6, 6.07) is 14.2. The second kappa shape index (κ2) is 9.62. The van der Waals surface area contributed by atoms with E-state index in [4.69, 9.17) is 4.74 Å². The third kappa shape index (κ3) is 5.40. The maximum atomic E-state index is 12.8. The number of likely N-dealkylation sites (tertiary alicyclic amines) is 1. The van der Waals surface area contributed by atoms with Crippen LogP contribution in [0.2, 0.25) is 0 Å². The Balaban J connectivity index is 1.56. The molecule has 1 heterocycles. The average molecular weight is 431 g/mol. The molecule has 1 fully saturated rings. The zero-order valence-electron chi connectivity index (χ0n) is 17.8. The van der Waals surface area contributed by atoms with E-state index in [-0.39, 0.29) is 10.8 Å². The summed E-state index contributed by atoms with van der Waals surface area (Å²) in [5.74, 6) is 0.990. The van der Waals surface area contributed by atoms with E-state index in [0.717, 1.165) is 24.8 Å². The lowest BCUT2D eigenvalue weighted by atomic mass is 9.90. The molecule has 0 saturated carbocycles. The summed E-state index contributed by atoms with van der Waals surface area (Å²) in [4.78, 5) is 14.7. The fourth-order valence-electron chi connectivity index (χ4n) is 3.95. The minimum absolute atomic E-state index is 0.127. The van der Waals surface area contributed by atoms with Crippen molar-refractivity contribution in [2.24, 2.45) is 5.92 Å². The molecule has 1 atom stereocenters. The van der Waals surface area contributed by atoms with Crippen LogP contribution in [0.5, 0.6) is 5.75 Å². The van der Waals surface area contributed by atoms with Crippen LogP contribution in [-0.2, 0) is 21.2 Å². The van der Waals surface area contributed by atoms with E-state index in [1.165, 1.54) is 11.6 Å². The molecule has 30 heavy (non-hydrogen) atoms. The van der Waals surface area contributed by atoms with Crippen LogP contribution in [0.25, 0.3) is 0 Å². The van der Waals surface area contributed by atoms with Crippen LogP contribution >= 0.6 is 0 Å². The number of rotatable bonds is 7. The standard InChI is InChI=1S/C23H30N2O4S/c1-17-15-21(9-10-22(17)29-3)30(27,28)24-18(2)23(26)25-13-11-20(12-14-25)16-19-7-5-4-6-8-19/h4-10,15,18,20,24H,11-14,16H2,1-3H3/t18-/m0/s1. The van der Waals surface area contributed by atoms with Crippen molar-refractivity contribution in [3.63, 3.8) is 0 Å². The molecule has 1 amide bonds. The third-order valence-electron chi connectivity index (χ3n) is 5.67. The highest BCUT2D eigenvalue weighted by molar-refractivity contribution is 7.89. The fraction of sp³-hybridized carbons (Fsp3) is 0.435. The Bertz CT molecular complexity index is 968. The molecule has 7 heteroatoms. The van der Waals surface area contributed by atoms with Crippen LogP contribution in [0, 0.1) is 12.8 Å². The smallest absolute Gasteiger partial charge is 0.241 e. The molecular weight excluding hydrogens is 400 g/mol. The first-order valence-corrected chi connectivity index (χ1v) is 11.8. The van der Waals surface area contributed by atoms with Gasteiger partial charge in [-0.3, -0.25) is 4.79 Å². The fourth-order valence-corrected chi connectivity index (χ4v) is 5.23. The number of carbonyl (C=O) groups is 1. The van der Waals surface area contributed by atoms with Crippen LogP contribution in [0.1, 0.15) is 30.9 Å². The predicted molar refractivity (Wildman–Crippen MR) is 117 cm³/mol. The van der Waals surface area contributed by atoms with Gasteiger partial charge in [0.2, 0.25) is 15.9 Å². The normalized spacial score (nSPS) is 16.3. The van der Waals surface area contributed by atoms with Crippen molar-refractivity contribution in [3.05, 3.63) is 59.7 Å². The number of ether oxygens (including phenoxy) is 1. The number of nitrogens with zero attached hydrogens (tertiary/aromatic N) is 1. The van der Waals surface area contributed by atoms with Crippen molar-refractivity contribution < 1.29 is 17.9 Å². The van der Waals surface area contributed by atoms with Gasteiger partial charge in [0.25, 0.3) is 0 Å². The lowest BCUT2D eigenvalue weighted by Gasteiger charge is -2.33. The summed E-state index contributed by atoms with van der Waals surface area (Å²) >= 11 is 0. The van der Waals surface area contributed by atoms with Crippen LogP contribution in [0.3, 0.4) is 0 Å². The van der Waals surface area contributed by atoms with E-state index >= 15 is 0 Å². The van der Waals surface area contributed by atoms with Crippen LogP contribution in [-0.4, -0.2) is 45.5 Å². The highest BCUT2D eigenvalue weighted by Gasteiger charge is 2.29. The Hall–Kier alpha value is -2.38. The summed E-state index contributed by atoms with van der Waals surface area (Å²) < 4.78 is 33.1. The van der Waals surface area contributed by atoms with E-state index in [1.807, 2.05) is 18.2 Å². The maximum Gasteiger partial charge on any atom is 0.241 e. The van der Waals surface area contributed by atoms with E-state index in [9.17, 15) is 13.2 Å². The zero-order chi connectivity index (χ0) is 21.7. The van der Waals surface area contributed by atoms with Crippen molar-refractivity contribution in [1.82, 2.24) is 9.62 Å². The first kappa shape index (κ1) is 22.3. The Morgan fingerprint density at radius 3 is 2.43 bits per heavy atom. The summed E-state index contributed by atoms with van der Waals surface area (Å²) in [7, 11) is -2.25. The summed E-state index contributed by atoms with van der Waals surface area (Å²) in [6.07, 6.45) is 2.87. The van der Waals surface area contributed by atoms with Crippen molar-refractivity contribution in [3.8, 4) is 5.75 Å². The number of benzene rings is 2. The monoisotopic (exact) mass is 430 g/mol. The van der Waals surface area contributed by atoms with Crippen molar-refractivity contribution >= 4 is 15.9 Å². The highest BCUT2D eigenvalue weighted by Crippen LogP contribution is 2.23. The molecule has 0 aromatic heterocycles. The third-order valence-corrected chi connectivity index (χ3v) is 7.21. The van der Waals surface area contributed by atoms with Gasteiger partial charge in [0.1, 0.15) is 5.75 Å². The largest absolute Gasteiger partial charge is 0.496 e. The van der Waals surface area contributed by atoms with Crippen LogP contribution in [0.4, 0.5) is 0 Å². The van der Waals surface area contributed by atoms with E-state index < -0.39 is 16.1 Å². The van der Waals surface area contributed by atoms with Gasteiger partial charge in [-0.05, 0) is 68.4 Å². The lowest BCUT2D eigenvalue weighted by Crippen LogP contribution is -2.49. The van der Waals surface area contributed by atoms with Gasteiger partial charge >= 0.3 is 0 Å². The molecule has 0 bridgehead atoms. The Morgan fingerprint density at radius 2 is 1.83 bits per heavy atom. The van der Waals surface area contributed by atoms with Gasteiger partial charge in [0.05, 0.1) is 18.0 Å². The molecular formula is C23H30N2O4S. The number of amides is 1. The van der Waals surface area contributed by atoms with Crippen molar-refractivity contribution in [1.29, 1.82) is 0 Å². The molecule has 3 rings (SSSR count). The molecule has 0 aliphatic carbocycles. The van der Waals surface area contributed by atoms with Gasteiger partial charge in [-0.15, -0.1) is 0 Å². The second-order valence-electron chi connectivity index (χ2n) is 7.93. The topological polar surface area (TPSA) is 75.7 Å². The summed E-state index contributed by atoms with van der Waals surface area (Å²) in [6.45, 7) is 4.70. The Labute approximate surface area is 179 Å². The molecule has 1 aliphatic rings. The summed E-state index contributed by atoms with van der Waals surface area (Å²) in [5.41, 5.74) is 2.04. The first-order valence-electron chi connectivity index (χ1n) is 10.3. The Morgan fingerprint density at radius 1 is 1.17 bits per heavy atom. The van der Waals surface area contributed by atoms with Gasteiger partial charge in [-0.1, -0.05) is 30.3 Å². The molecule has 6 nitrogen and oxygen atoms in total. The number of piperidine rings is 1. The van der Waals surface area contributed by atoms with Gasteiger partial charge in [0.15, 0.2) is 0 Å². The minimum atomic E-state index is -3.80. The van der Waals surface area contributed by atoms with Crippen molar-refractivity contribution in [2.45, 2.75) is 44.0 Å². The molecule has 1 N–H and O–H groups in total. The zero-order valence-corrected chi connectivity index (χ0v) is 18.6. The van der Waals surface area contributed by atoms with Gasteiger partial charge < -0.3 is 9.64 Å². The van der Waals surface area contributed by atoms with Gasteiger partial charge in [0, 0.05) is 13.1 Å². The molecule has 1 saturated heterocycles. The molecule has 2 aromatic carbocycles. The van der Waals surface area contributed by atoms with Gasteiger partial charge in [-0.25, -0.2) is 8.42 Å². The van der Waals surface area contributed by atoms with E-state index in [1.54, 1.807) is 38.0 Å². The average Bonchev–Trinajstić information content (AvgIpc) is 2.74. The SMILES string of the molecule is COc1ccc(S(=O)(=O)N[C@@H](C)C(=O)N2CCC(Cc3ccccc3)CC2)cc1C. The predicted octanol–water partition coefficient (Wildman–Crippen LogP) is 3.15. The number of hydrogen-bond acceptors (Lipinski definition) is 4. The van der Waals surface area contributed by atoms with E-state index in [0.29, 0.717) is 24.8 Å². The molecule has 0 unspecified atom stereocenters. The van der Waals surface area contributed by atoms with Crippen molar-refractivity contribution in [2.75, 3.05) is 20.2 Å². The maximum absolute atomic E-state index is 12.8. The number of methoxy groups -OCH3 is 1. The molecule has 2 aromatic rings. The second-order valence-corrected chi connectivity index (χ2v) is 9.65. The molecule has 162 valence electrons. The number of sulfonamides is 1. The quantitative estimate of drug-likeness (QED) is 0.732.